The van der Waals surface area contributed by atoms with Gasteiger partial charge in [-0.1, -0.05) is 46.3 Å². The Balaban J connectivity index is 1.58. The van der Waals surface area contributed by atoms with E-state index in [1.807, 2.05) is 30.3 Å². The second-order valence-electron chi connectivity index (χ2n) is 7.44. The highest BCUT2D eigenvalue weighted by Crippen LogP contribution is 2.36. The third-order valence-corrected chi connectivity index (χ3v) is 5.85. The molecular weight excluding hydrogens is 502 g/mol. The van der Waals surface area contributed by atoms with Gasteiger partial charge in [-0.05, 0) is 48.4 Å². The highest BCUT2D eigenvalue weighted by molar-refractivity contribution is 9.10. The molecule has 172 valence electrons. The highest BCUT2D eigenvalue weighted by atomic mass is 79.9. The van der Waals surface area contributed by atoms with Crippen molar-refractivity contribution in [2.45, 2.75) is 13.5 Å². The van der Waals surface area contributed by atoms with Crippen LogP contribution in [0.3, 0.4) is 0 Å². The molecule has 34 heavy (non-hydrogen) atoms. The molecule has 0 saturated heterocycles. The molecule has 0 spiro atoms. The maximum absolute atomic E-state index is 13.0. The van der Waals surface area contributed by atoms with Gasteiger partial charge in [0.1, 0.15) is 6.61 Å². The van der Waals surface area contributed by atoms with Crippen molar-refractivity contribution in [1.29, 1.82) is 0 Å². The van der Waals surface area contributed by atoms with Gasteiger partial charge in [0, 0.05) is 16.6 Å². The first-order valence-corrected chi connectivity index (χ1v) is 11.1. The summed E-state index contributed by atoms with van der Waals surface area (Å²) in [4.78, 5) is 23.6. The van der Waals surface area contributed by atoms with Crippen LogP contribution in [-0.2, 0) is 11.4 Å². The predicted molar refractivity (Wildman–Crippen MR) is 133 cm³/mol. The number of halogens is 1. The van der Waals surface area contributed by atoms with Crippen molar-refractivity contribution in [1.82, 2.24) is 0 Å². The first-order valence-electron chi connectivity index (χ1n) is 10.3. The molecule has 0 bridgehead atoms. The molecule has 1 heterocycles. The standard InChI is InChI=1S/C25H20BrN3O5/c1-16-21(25(30)28(27-16)19-8-4-3-5-9-19)12-18-13-23(33-2)24(14-22(18)26)34-15-17-7-6-10-20(11-17)29(31)32/h3-14H,15H2,1-2H3/b21-12+. The smallest absolute Gasteiger partial charge is 0.280 e. The lowest BCUT2D eigenvalue weighted by Crippen LogP contribution is -2.21. The minimum atomic E-state index is -0.447. The maximum Gasteiger partial charge on any atom is 0.280 e. The number of nitro groups is 1. The first-order chi connectivity index (χ1) is 16.4. The summed E-state index contributed by atoms with van der Waals surface area (Å²) in [5.41, 5.74) is 3.13. The highest BCUT2D eigenvalue weighted by Gasteiger charge is 2.29. The van der Waals surface area contributed by atoms with Gasteiger partial charge in [0.05, 0.1) is 29.0 Å². The first kappa shape index (κ1) is 23.2. The number of anilines is 1. The summed E-state index contributed by atoms with van der Waals surface area (Å²) >= 11 is 3.54. The number of carbonyl (C=O) groups is 1. The van der Waals surface area contributed by atoms with Crippen molar-refractivity contribution in [3.05, 3.63) is 98.0 Å². The van der Waals surface area contributed by atoms with Gasteiger partial charge in [0.15, 0.2) is 11.5 Å². The summed E-state index contributed by atoms with van der Waals surface area (Å²) in [6.45, 7) is 1.91. The van der Waals surface area contributed by atoms with Crippen molar-refractivity contribution in [2.24, 2.45) is 5.10 Å². The molecule has 9 heteroatoms. The summed E-state index contributed by atoms with van der Waals surface area (Å²) < 4.78 is 12.1. The van der Waals surface area contributed by atoms with Gasteiger partial charge < -0.3 is 9.47 Å². The Kier molecular flexibility index (Phi) is 6.74. The molecule has 1 amide bonds. The van der Waals surface area contributed by atoms with E-state index in [1.165, 1.54) is 24.3 Å². The summed E-state index contributed by atoms with van der Waals surface area (Å²) in [6, 6.07) is 19.0. The molecule has 8 nitrogen and oxygen atoms in total. The van der Waals surface area contributed by atoms with Gasteiger partial charge in [-0.2, -0.15) is 10.1 Å². The molecule has 1 aliphatic heterocycles. The minimum absolute atomic E-state index is 0.000899. The van der Waals surface area contributed by atoms with E-state index in [2.05, 4.69) is 21.0 Å². The summed E-state index contributed by atoms with van der Waals surface area (Å²) in [7, 11) is 1.52. The van der Waals surface area contributed by atoms with E-state index in [9.17, 15) is 14.9 Å². The molecule has 1 aliphatic rings. The van der Waals surface area contributed by atoms with E-state index in [1.54, 1.807) is 37.3 Å². The normalized spacial score (nSPS) is 14.3. The Hall–Kier alpha value is -3.98. The fourth-order valence-electron chi connectivity index (χ4n) is 3.44. The van der Waals surface area contributed by atoms with Gasteiger partial charge in [-0.3, -0.25) is 14.9 Å². The summed E-state index contributed by atoms with van der Waals surface area (Å²) in [5, 5.41) is 16.8. The van der Waals surface area contributed by atoms with E-state index in [0.717, 1.165) is 0 Å². The maximum atomic E-state index is 13.0. The Bertz CT molecular complexity index is 1320. The van der Waals surface area contributed by atoms with Crippen molar-refractivity contribution in [3.63, 3.8) is 0 Å². The second-order valence-corrected chi connectivity index (χ2v) is 8.29. The van der Waals surface area contributed by atoms with Crippen LogP contribution in [0.2, 0.25) is 0 Å². The number of rotatable bonds is 7. The Morgan fingerprint density at radius 1 is 1.09 bits per heavy atom. The molecule has 0 aliphatic carbocycles. The van der Waals surface area contributed by atoms with Crippen LogP contribution in [0, 0.1) is 10.1 Å². The van der Waals surface area contributed by atoms with Gasteiger partial charge in [0.25, 0.3) is 11.6 Å². The quantitative estimate of drug-likeness (QED) is 0.224. The van der Waals surface area contributed by atoms with Crippen LogP contribution in [0.4, 0.5) is 11.4 Å². The number of hydrogen-bond donors (Lipinski definition) is 0. The zero-order valence-electron chi connectivity index (χ0n) is 18.4. The molecule has 4 rings (SSSR count). The minimum Gasteiger partial charge on any atom is -0.493 e. The number of hydrogen-bond acceptors (Lipinski definition) is 6. The van der Waals surface area contributed by atoms with Crippen LogP contribution in [0.15, 0.2) is 81.9 Å². The third-order valence-electron chi connectivity index (χ3n) is 5.16. The number of hydrazone groups is 1. The van der Waals surface area contributed by atoms with Gasteiger partial charge >= 0.3 is 0 Å². The van der Waals surface area contributed by atoms with Crippen molar-refractivity contribution in [2.75, 3.05) is 12.1 Å². The number of nitro benzene ring substituents is 1. The zero-order valence-corrected chi connectivity index (χ0v) is 20.0. The van der Waals surface area contributed by atoms with Crippen LogP contribution in [0.25, 0.3) is 6.08 Å². The Morgan fingerprint density at radius 3 is 2.56 bits per heavy atom. The molecule has 0 unspecified atom stereocenters. The second kappa shape index (κ2) is 9.88. The van der Waals surface area contributed by atoms with Gasteiger partial charge in [-0.25, -0.2) is 0 Å². The van der Waals surface area contributed by atoms with Crippen molar-refractivity contribution >= 4 is 45.0 Å². The molecule has 0 N–H and O–H groups in total. The molecule has 0 atom stereocenters. The van der Waals surface area contributed by atoms with E-state index < -0.39 is 4.92 Å². The van der Waals surface area contributed by atoms with Crippen LogP contribution >= 0.6 is 15.9 Å². The number of non-ortho nitro benzene ring substituents is 1. The van der Waals surface area contributed by atoms with E-state index in [4.69, 9.17) is 9.47 Å². The van der Waals surface area contributed by atoms with E-state index >= 15 is 0 Å². The number of ether oxygens (including phenoxy) is 2. The van der Waals surface area contributed by atoms with Crippen molar-refractivity contribution < 1.29 is 19.2 Å². The number of methoxy groups -OCH3 is 1. The number of benzene rings is 3. The van der Waals surface area contributed by atoms with E-state index in [-0.39, 0.29) is 18.2 Å². The van der Waals surface area contributed by atoms with Crippen LogP contribution in [0.5, 0.6) is 11.5 Å². The fraction of sp³-hybridized carbons (Fsp3) is 0.120. The molecule has 3 aromatic carbocycles. The zero-order chi connectivity index (χ0) is 24.2. The van der Waals surface area contributed by atoms with Crippen LogP contribution in [-0.4, -0.2) is 23.7 Å². The number of amides is 1. The van der Waals surface area contributed by atoms with E-state index in [0.29, 0.717) is 44.1 Å². The summed E-state index contributed by atoms with van der Waals surface area (Å²) in [6.07, 6.45) is 1.75. The lowest BCUT2D eigenvalue weighted by Gasteiger charge is -2.13. The van der Waals surface area contributed by atoms with Gasteiger partial charge in [0.2, 0.25) is 0 Å². The molecule has 0 radical (unpaired) electrons. The number of para-hydroxylation sites is 1. The summed E-state index contributed by atoms with van der Waals surface area (Å²) in [5.74, 6) is 0.693. The largest absolute Gasteiger partial charge is 0.493 e. The Labute approximate surface area is 204 Å². The third kappa shape index (κ3) is 4.84. The molecular formula is C25H20BrN3O5. The fourth-order valence-corrected chi connectivity index (χ4v) is 3.88. The van der Waals surface area contributed by atoms with Crippen LogP contribution < -0.4 is 14.5 Å². The predicted octanol–water partition coefficient (Wildman–Crippen LogP) is 5.75. The van der Waals surface area contributed by atoms with Crippen LogP contribution in [0.1, 0.15) is 18.1 Å². The molecule has 0 saturated carbocycles. The molecule has 3 aromatic rings. The molecule has 0 aromatic heterocycles. The monoisotopic (exact) mass is 521 g/mol. The lowest BCUT2D eigenvalue weighted by molar-refractivity contribution is -0.384. The Morgan fingerprint density at radius 2 is 1.85 bits per heavy atom. The average molecular weight is 522 g/mol. The SMILES string of the molecule is COc1cc(/C=C2/C(=O)N(c3ccccc3)N=C2C)c(Br)cc1OCc1cccc([N+](=O)[O-])c1. The lowest BCUT2D eigenvalue weighted by atomic mass is 10.1. The molecule has 0 fully saturated rings. The van der Waals surface area contributed by atoms with Gasteiger partial charge in [-0.15, -0.1) is 0 Å². The topological polar surface area (TPSA) is 94.3 Å². The number of nitrogens with zero attached hydrogens (tertiary/aromatic N) is 3. The number of carbonyl (C=O) groups excluding carboxylic acids is 1. The van der Waals surface area contributed by atoms with Crippen molar-refractivity contribution in [3.8, 4) is 11.5 Å². The average Bonchev–Trinajstić information content (AvgIpc) is 3.13.